The number of carbonyl (C=O) groups is 1. The molecule has 0 aliphatic carbocycles. The van der Waals surface area contributed by atoms with E-state index in [1.54, 1.807) is 17.8 Å². The third-order valence-electron chi connectivity index (χ3n) is 2.03. The zero-order valence-corrected chi connectivity index (χ0v) is 11.9. The van der Waals surface area contributed by atoms with E-state index in [9.17, 15) is 4.79 Å². The molecule has 1 N–H and O–H groups in total. The molecule has 16 heavy (non-hydrogen) atoms. The number of hydrogen-bond acceptors (Lipinski definition) is 4. The van der Waals surface area contributed by atoms with Gasteiger partial charge < -0.3 is 19.9 Å². The van der Waals surface area contributed by atoms with Crippen LogP contribution in [0, 0.1) is 6.33 Å². The van der Waals surface area contributed by atoms with E-state index in [2.05, 4.69) is 26.6 Å². The van der Waals surface area contributed by atoms with Crippen LogP contribution in [0.25, 0.3) is 11.2 Å². The standard InChI is InChI=1S/C9H10N5O.Y/c1-3-6(15)13-8-7-9(11-4-10-8)14(2)5-12-7;/h5H,3H2,1-2H3,(H,10,11,13,15);/q-1;. The molecular weight excluding hydrogens is 283 g/mol. The van der Waals surface area contributed by atoms with Gasteiger partial charge in [0.25, 0.3) is 0 Å². The molecule has 7 heteroatoms. The Labute approximate surface area is 118 Å². The van der Waals surface area contributed by atoms with Crippen molar-refractivity contribution >= 4 is 22.9 Å². The first-order chi connectivity index (χ1) is 7.22. The molecule has 0 saturated carbocycles. The molecule has 2 aromatic rings. The van der Waals surface area contributed by atoms with Gasteiger partial charge in [-0.1, -0.05) is 6.92 Å². The SMILES string of the molecule is CCC(=O)Nc1n[c-]nc2c1ncn2C.[Y]. The van der Waals surface area contributed by atoms with Gasteiger partial charge in [-0.25, -0.2) is 0 Å². The molecule has 0 atom stereocenters. The summed E-state index contributed by atoms with van der Waals surface area (Å²) in [6.07, 6.45) is 4.51. The summed E-state index contributed by atoms with van der Waals surface area (Å²) in [5.74, 6) is 0.307. The number of nitrogens with one attached hydrogen (secondary N) is 1. The second-order valence-corrected chi connectivity index (χ2v) is 3.10. The Morgan fingerprint density at radius 2 is 2.31 bits per heavy atom. The summed E-state index contributed by atoms with van der Waals surface area (Å²) in [7, 11) is 1.82. The molecule has 0 aliphatic rings. The van der Waals surface area contributed by atoms with Crippen molar-refractivity contribution in [3.63, 3.8) is 0 Å². The Morgan fingerprint density at radius 1 is 1.56 bits per heavy atom. The van der Waals surface area contributed by atoms with Gasteiger partial charge in [-0.2, -0.15) is 0 Å². The van der Waals surface area contributed by atoms with Crippen LogP contribution in [0.1, 0.15) is 13.3 Å². The molecule has 0 saturated heterocycles. The number of aromatic nitrogens is 4. The molecule has 0 unspecified atom stereocenters. The van der Waals surface area contributed by atoms with E-state index in [-0.39, 0.29) is 38.6 Å². The first kappa shape index (κ1) is 13.2. The van der Waals surface area contributed by atoms with Crippen LogP contribution in [0.5, 0.6) is 0 Å². The monoisotopic (exact) mass is 293 g/mol. The molecule has 6 nitrogen and oxygen atoms in total. The summed E-state index contributed by atoms with van der Waals surface area (Å²) >= 11 is 0. The zero-order chi connectivity index (χ0) is 10.8. The molecule has 1 amide bonds. The predicted molar refractivity (Wildman–Crippen MR) is 54.1 cm³/mol. The van der Waals surface area contributed by atoms with Gasteiger partial charge in [-0.15, -0.1) is 0 Å². The van der Waals surface area contributed by atoms with Crippen LogP contribution in [-0.4, -0.2) is 25.4 Å². The summed E-state index contributed by atoms with van der Waals surface area (Å²) in [6, 6.07) is 0. The topological polar surface area (TPSA) is 72.7 Å². The van der Waals surface area contributed by atoms with Gasteiger partial charge in [-0.05, 0) is 0 Å². The number of nitrogens with zero attached hydrogens (tertiary/aromatic N) is 4. The molecule has 2 heterocycles. The normalized spacial score (nSPS) is 9.88. The quantitative estimate of drug-likeness (QED) is 0.819. The summed E-state index contributed by atoms with van der Waals surface area (Å²) in [4.78, 5) is 23.1. The summed E-state index contributed by atoms with van der Waals surface area (Å²) in [6.45, 7) is 1.77. The Morgan fingerprint density at radius 3 is 3.00 bits per heavy atom. The number of fused-ring (bicyclic) bond motifs is 1. The van der Waals surface area contributed by atoms with Crippen molar-refractivity contribution in [2.24, 2.45) is 7.05 Å². The third-order valence-corrected chi connectivity index (χ3v) is 2.03. The van der Waals surface area contributed by atoms with Crippen molar-refractivity contribution in [1.29, 1.82) is 0 Å². The number of amides is 1. The number of hydrogen-bond donors (Lipinski definition) is 1. The maximum Gasteiger partial charge on any atom is 0.214 e. The Kier molecular flexibility index (Phi) is 4.49. The molecule has 0 fully saturated rings. The van der Waals surface area contributed by atoms with Crippen molar-refractivity contribution in [2.45, 2.75) is 13.3 Å². The number of rotatable bonds is 2. The van der Waals surface area contributed by atoms with Gasteiger partial charge >= 0.3 is 0 Å². The smallest absolute Gasteiger partial charge is 0.214 e. The van der Waals surface area contributed by atoms with E-state index in [0.717, 1.165) is 0 Å². The average Bonchev–Trinajstić information content (AvgIpc) is 2.62. The first-order valence-electron chi connectivity index (χ1n) is 4.57. The van der Waals surface area contributed by atoms with Crippen molar-refractivity contribution in [3.05, 3.63) is 12.7 Å². The summed E-state index contributed by atoms with van der Waals surface area (Å²) in [5, 5.41) is 2.65. The minimum Gasteiger partial charge on any atom is -0.372 e. The molecule has 81 valence electrons. The second-order valence-electron chi connectivity index (χ2n) is 3.10. The van der Waals surface area contributed by atoms with Gasteiger partial charge in [-0.3, -0.25) is 9.78 Å². The summed E-state index contributed by atoms with van der Waals surface area (Å²) in [5.41, 5.74) is 1.23. The second kappa shape index (κ2) is 5.45. The van der Waals surface area contributed by atoms with E-state index < -0.39 is 0 Å². The van der Waals surface area contributed by atoms with Crippen molar-refractivity contribution in [3.8, 4) is 0 Å². The Balaban J connectivity index is 0.00000128. The number of anilines is 1. The van der Waals surface area contributed by atoms with Gasteiger partial charge in [0, 0.05) is 69.5 Å². The van der Waals surface area contributed by atoms with E-state index in [4.69, 9.17) is 0 Å². The molecule has 1 radical (unpaired) electrons. The fourth-order valence-corrected chi connectivity index (χ4v) is 1.21. The average molecular weight is 293 g/mol. The van der Waals surface area contributed by atoms with E-state index in [1.807, 2.05) is 7.05 Å². The van der Waals surface area contributed by atoms with Gasteiger partial charge in [0.1, 0.15) is 0 Å². The molecular formula is C9H10N5OY-. The van der Waals surface area contributed by atoms with Gasteiger partial charge in [0.15, 0.2) is 0 Å². The molecule has 2 aromatic heterocycles. The fourth-order valence-electron chi connectivity index (χ4n) is 1.21. The van der Waals surface area contributed by atoms with Crippen LogP contribution < -0.4 is 5.32 Å². The first-order valence-corrected chi connectivity index (χ1v) is 4.57. The maximum absolute atomic E-state index is 11.2. The zero-order valence-electron chi connectivity index (χ0n) is 9.06. The number of imidazole rings is 1. The fraction of sp³-hybridized carbons (Fsp3) is 0.333. The Hall–Kier alpha value is -0.876. The largest absolute Gasteiger partial charge is 0.372 e. The van der Waals surface area contributed by atoms with Gasteiger partial charge in [0.2, 0.25) is 5.91 Å². The molecule has 0 aromatic carbocycles. The van der Waals surface area contributed by atoms with Crippen molar-refractivity contribution in [1.82, 2.24) is 19.5 Å². The Bertz CT molecular complexity index is 510. The minimum absolute atomic E-state index is 0. The van der Waals surface area contributed by atoms with Gasteiger partial charge in [0.05, 0.1) is 6.33 Å². The molecule has 0 bridgehead atoms. The van der Waals surface area contributed by atoms with Crippen LogP contribution in [0.3, 0.4) is 0 Å². The molecule has 0 spiro atoms. The van der Waals surface area contributed by atoms with Crippen molar-refractivity contribution in [2.75, 3.05) is 5.32 Å². The van der Waals surface area contributed by atoms with E-state index in [0.29, 0.717) is 23.4 Å². The van der Waals surface area contributed by atoms with E-state index >= 15 is 0 Å². The van der Waals surface area contributed by atoms with Crippen LogP contribution in [0.4, 0.5) is 5.82 Å². The van der Waals surface area contributed by atoms with Crippen molar-refractivity contribution < 1.29 is 37.5 Å². The van der Waals surface area contributed by atoms with Crippen LogP contribution in [0.2, 0.25) is 0 Å². The molecule has 2 rings (SSSR count). The minimum atomic E-state index is -0.103. The number of aryl methyl sites for hydroxylation is 1. The van der Waals surface area contributed by atoms with Crippen LogP contribution >= 0.6 is 0 Å². The van der Waals surface area contributed by atoms with Crippen LogP contribution in [0.15, 0.2) is 6.33 Å². The number of carbonyl (C=O) groups excluding carboxylic acids is 1. The van der Waals surface area contributed by atoms with Crippen LogP contribution in [-0.2, 0) is 44.6 Å². The predicted octanol–water partition coefficient (Wildman–Crippen LogP) is 0.509. The molecule has 0 aliphatic heterocycles. The van der Waals surface area contributed by atoms with E-state index in [1.165, 1.54) is 0 Å². The summed E-state index contributed by atoms with van der Waals surface area (Å²) < 4.78 is 1.75. The maximum atomic E-state index is 11.2. The third kappa shape index (κ3) is 2.44.